The third-order valence-electron chi connectivity index (χ3n) is 1.58. The van der Waals surface area contributed by atoms with Crippen LogP contribution < -0.4 is 5.73 Å². The van der Waals surface area contributed by atoms with Gasteiger partial charge in [-0.25, -0.2) is 4.68 Å². The molecule has 0 fully saturated rings. The van der Waals surface area contributed by atoms with Gasteiger partial charge in [0, 0.05) is 12.7 Å². The van der Waals surface area contributed by atoms with Crippen LogP contribution in [0.5, 0.6) is 0 Å². The lowest BCUT2D eigenvalue weighted by molar-refractivity contribution is 0.136. The maximum Gasteiger partial charge on any atom is 0.122 e. The molecule has 4 heteroatoms. The molecule has 0 amide bonds. The van der Waals surface area contributed by atoms with Crippen molar-refractivity contribution in [2.75, 3.05) is 18.9 Å². The lowest BCUT2D eigenvalue weighted by Crippen LogP contribution is -2.09. The summed E-state index contributed by atoms with van der Waals surface area (Å²) in [7, 11) is 0. The van der Waals surface area contributed by atoms with Gasteiger partial charge in [0.25, 0.3) is 0 Å². The van der Waals surface area contributed by atoms with Crippen LogP contribution in [-0.4, -0.2) is 23.0 Å². The molecule has 68 valence electrons. The minimum Gasteiger partial charge on any atom is -0.384 e. The maximum absolute atomic E-state index is 5.67. The average molecular weight is 169 g/mol. The largest absolute Gasteiger partial charge is 0.384 e. The number of rotatable bonds is 4. The first kappa shape index (κ1) is 9.06. The van der Waals surface area contributed by atoms with Crippen LogP contribution in [-0.2, 0) is 11.3 Å². The summed E-state index contributed by atoms with van der Waals surface area (Å²) in [6, 6.07) is 1.85. The first-order chi connectivity index (χ1) is 5.74. The van der Waals surface area contributed by atoms with Crippen LogP contribution in [0.2, 0.25) is 0 Å². The van der Waals surface area contributed by atoms with E-state index >= 15 is 0 Å². The third kappa shape index (κ3) is 2.23. The number of nitrogens with two attached hydrogens (primary N) is 1. The second-order valence-electron chi connectivity index (χ2n) is 2.63. The Hall–Kier alpha value is -1.03. The SMILES string of the molecule is CCOCCn1nc(C)cc1N. The molecular formula is C8H15N3O. The van der Waals surface area contributed by atoms with E-state index in [1.54, 1.807) is 4.68 Å². The van der Waals surface area contributed by atoms with Crippen molar-refractivity contribution in [3.05, 3.63) is 11.8 Å². The van der Waals surface area contributed by atoms with Crippen LogP contribution in [0.3, 0.4) is 0 Å². The quantitative estimate of drug-likeness (QED) is 0.678. The summed E-state index contributed by atoms with van der Waals surface area (Å²) in [6.07, 6.45) is 0. The second-order valence-corrected chi connectivity index (χ2v) is 2.63. The number of hydrogen-bond donors (Lipinski definition) is 1. The van der Waals surface area contributed by atoms with Gasteiger partial charge in [0.1, 0.15) is 5.82 Å². The standard InChI is InChI=1S/C8H15N3O/c1-3-12-5-4-11-8(9)6-7(2)10-11/h6H,3-5,9H2,1-2H3. The molecule has 0 aromatic carbocycles. The first-order valence-corrected chi connectivity index (χ1v) is 4.11. The monoisotopic (exact) mass is 169 g/mol. The molecule has 0 aliphatic heterocycles. The highest BCUT2D eigenvalue weighted by molar-refractivity contribution is 5.29. The van der Waals surface area contributed by atoms with Crippen LogP contribution >= 0.6 is 0 Å². The Bertz CT molecular complexity index is 244. The van der Waals surface area contributed by atoms with Gasteiger partial charge in [0.15, 0.2) is 0 Å². The molecule has 2 N–H and O–H groups in total. The zero-order chi connectivity index (χ0) is 8.97. The Kier molecular flexibility index (Phi) is 3.10. The van der Waals surface area contributed by atoms with Crippen LogP contribution in [0.1, 0.15) is 12.6 Å². The fourth-order valence-corrected chi connectivity index (χ4v) is 1.04. The van der Waals surface area contributed by atoms with E-state index in [4.69, 9.17) is 10.5 Å². The summed E-state index contributed by atoms with van der Waals surface area (Å²) >= 11 is 0. The highest BCUT2D eigenvalue weighted by atomic mass is 16.5. The second kappa shape index (κ2) is 4.11. The summed E-state index contributed by atoms with van der Waals surface area (Å²) in [6.45, 7) is 6.03. The van der Waals surface area contributed by atoms with Gasteiger partial charge in [-0.05, 0) is 13.8 Å². The molecule has 0 radical (unpaired) electrons. The molecule has 0 atom stereocenters. The lowest BCUT2D eigenvalue weighted by atomic mass is 10.5. The molecule has 0 unspecified atom stereocenters. The van der Waals surface area contributed by atoms with Crippen LogP contribution in [0.25, 0.3) is 0 Å². The third-order valence-corrected chi connectivity index (χ3v) is 1.58. The molecule has 1 heterocycles. The summed E-state index contributed by atoms with van der Waals surface area (Å²) in [5, 5.41) is 4.19. The Morgan fingerprint density at radius 1 is 1.67 bits per heavy atom. The summed E-state index contributed by atoms with van der Waals surface area (Å²) in [4.78, 5) is 0. The number of aromatic nitrogens is 2. The van der Waals surface area contributed by atoms with Gasteiger partial charge in [-0.2, -0.15) is 5.10 Å². The van der Waals surface area contributed by atoms with E-state index in [1.807, 2.05) is 19.9 Å². The molecule has 0 saturated heterocycles. The zero-order valence-corrected chi connectivity index (χ0v) is 7.58. The molecule has 0 aliphatic rings. The van der Waals surface area contributed by atoms with Crippen molar-refractivity contribution in [3.63, 3.8) is 0 Å². The van der Waals surface area contributed by atoms with Gasteiger partial charge in [-0.1, -0.05) is 0 Å². The van der Waals surface area contributed by atoms with E-state index in [9.17, 15) is 0 Å². The minimum atomic E-state index is 0.668. The molecular weight excluding hydrogens is 154 g/mol. The fourth-order valence-electron chi connectivity index (χ4n) is 1.04. The summed E-state index contributed by atoms with van der Waals surface area (Å²) in [5.74, 6) is 0.701. The minimum absolute atomic E-state index is 0.668. The number of nitrogen functional groups attached to an aromatic ring is 1. The van der Waals surface area contributed by atoms with Crippen molar-refractivity contribution in [2.24, 2.45) is 0 Å². The number of ether oxygens (including phenoxy) is 1. The highest BCUT2D eigenvalue weighted by Gasteiger charge is 1.99. The number of anilines is 1. The Labute approximate surface area is 72.3 Å². The Balaban J connectivity index is 2.45. The van der Waals surface area contributed by atoms with E-state index in [-0.39, 0.29) is 0 Å². The Morgan fingerprint density at radius 3 is 2.92 bits per heavy atom. The van der Waals surface area contributed by atoms with Crippen LogP contribution in [0.4, 0.5) is 5.82 Å². The van der Waals surface area contributed by atoms with Crippen molar-refractivity contribution in [2.45, 2.75) is 20.4 Å². The van der Waals surface area contributed by atoms with Gasteiger partial charge in [0.05, 0.1) is 18.8 Å². The van der Waals surface area contributed by atoms with Crippen molar-refractivity contribution in [1.29, 1.82) is 0 Å². The first-order valence-electron chi connectivity index (χ1n) is 4.11. The Morgan fingerprint density at radius 2 is 2.42 bits per heavy atom. The smallest absolute Gasteiger partial charge is 0.122 e. The van der Waals surface area contributed by atoms with Gasteiger partial charge in [-0.3, -0.25) is 0 Å². The van der Waals surface area contributed by atoms with Crippen molar-refractivity contribution >= 4 is 5.82 Å². The van der Waals surface area contributed by atoms with Crippen LogP contribution in [0.15, 0.2) is 6.07 Å². The topological polar surface area (TPSA) is 53.1 Å². The van der Waals surface area contributed by atoms with Gasteiger partial charge < -0.3 is 10.5 Å². The molecule has 0 bridgehead atoms. The van der Waals surface area contributed by atoms with Crippen molar-refractivity contribution in [3.8, 4) is 0 Å². The molecule has 12 heavy (non-hydrogen) atoms. The predicted molar refractivity (Wildman–Crippen MR) is 47.9 cm³/mol. The van der Waals surface area contributed by atoms with Crippen molar-refractivity contribution < 1.29 is 4.74 Å². The molecule has 1 rings (SSSR count). The van der Waals surface area contributed by atoms with Gasteiger partial charge >= 0.3 is 0 Å². The van der Waals surface area contributed by atoms with E-state index < -0.39 is 0 Å². The molecule has 0 saturated carbocycles. The van der Waals surface area contributed by atoms with Gasteiger partial charge in [0.2, 0.25) is 0 Å². The highest BCUT2D eigenvalue weighted by Crippen LogP contribution is 2.04. The van der Waals surface area contributed by atoms with E-state index in [0.717, 1.165) is 18.8 Å². The summed E-state index contributed by atoms with van der Waals surface area (Å²) < 4.78 is 6.94. The molecule has 0 aliphatic carbocycles. The van der Waals surface area contributed by atoms with E-state index in [1.165, 1.54) is 0 Å². The number of hydrogen-bond acceptors (Lipinski definition) is 3. The molecule has 0 spiro atoms. The molecule has 1 aromatic heterocycles. The number of aryl methyl sites for hydroxylation is 1. The summed E-state index contributed by atoms with van der Waals surface area (Å²) in [5.41, 5.74) is 6.62. The maximum atomic E-state index is 5.67. The van der Waals surface area contributed by atoms with Gasteiger partial charge in [-0.15, -0.1) is 0 Å². The predicted octanol–water partition coefficient (Wildman–Crippen LogP) is 0.810. The molecule has 1 aromatic rings. The normalized spacial score (nSPS) is 10.5. The van der Waals surface area contributed by atoms with E-state index in [2.05, 4.69) is 5.10 Å². The zero-order valence-electron chi connectivity index (χ0n) is 7.58. The lowest BCUT2D eigenvalue weighted by Gasteiger charge is -2.03. The van der Waals surface area contributed by atoms with E-state index in [0.29, 0.717) is 12.4 Å². The average Bonchev–Trinajstić information content (AvgIpc) is 2.31. The number of nitrogens with zero attached hydrogens (tertiary/aromatic N) is 2. The van der Waals surface area contributed by atoms with Crippen LogP contribution in [0, 0.1) is 6.92 Å². The molecule has 4 nitrogen and oxygen atoms in total. The van der Waals surface area contributed by atoms with Crippen molar-refractivity contribution in [1.82, 2.24) is 9.78 Å². The fraction of sp³-hybridized carbons (Fsp3) is 0.625.